The van der Waals surface area contributed by atoms with Crippen molar-refractivity contribution in [2.24, 2.45) is 0 Å². The summed E-state index contributed by atoms with van der Waals surface area (Å²) in [5, 5.41) is 20.3. The van der Waals surface area contributed by atoms with Crippen molar-refractivity contribution >= 4 is 38.7 Å². The van der Waals surface area contributed by atoms with Crippen molar-refractivity contribution in [1.82, 2.24) is 4.98 Å². The van der Waals surface area contributed by atoms with Gasteiger partial charge in [0.1, 0.15) is 0 Å². The smallest absolute Gasteiger partial charge is 0.232 e. The van der Waals surface area contributed by atoms with Crippen molar-refractivity contribution in [3.63, 3.8) is 0 Å². The Bertz CT molecular complexity index is 1000. The third kappa shape index (κ3) is 2.10. The number of fused-ring (bicyclic) bond motifs is 2. The van der Waals surface area contributed by atoms with E-state index in [0.717, 1.165) is 20.9 Å². The number of aromatic hydroxyl groups is 2. The van der Waals surface area contributed by atoms with Gasteiger partial charge in [0.05, 0.1) is 5.56 Å². The number of nitrogens with one attached hydrogen (secondary N) is 1. The maximum Gasteiger partial charge on any atom is 0.232 e. The van der Waals surface area contributed by atoms with Crippen LogP contribution in [0.1, 0.15) is 15.9 Å². The summed E-state index contributed by atoms with van der Waals surface area (Å²) in [6.45, 7) is 0. The zero-order valence-corrected chi connectivity index (χ0v) is 13.2. The van der Waals surface area contributed by atoms with Gasteiger partial charge in [-0.05, 0) is 36.4 Å². The molecule has 0 unspecified atom stereocenters. The number of benzene rings is 2. The van der Waals surface area contributed by atoms with Crippen LogP contribution in [0.4, 0.5) is 0 Å². The number of allylic oxidation sites excluding steroid dienone is 1. The van der Waals surface area contributed by atoms with E-state index in [1.807, 2.05) is 18.2 Å². The first kappa shape index (κ1) is 13.9. The average Bonchev–Trinajstić information content (AvgIpc) is 3.06. The third-order valence-electron chi connectivity index (χ3n) is 3.75. The molecule has 0 bridgehead atoms. The molecule has 1 aromatic heterocycles. The zero-order valence-electron chi connectivity index (χ0n) is 11.6. The summed E-state index contributed by atoms with van der Waals surface area (Å²) in [4.78, 5) is 15.5. The molecule has 0 amide bonds. The zero-order chi connectivity index (χ0) is 16.1. The number of hydrogen-bond acceptors (Lipinski definition) is 4. The SMILES string of the molecule is O=C1C(=Cc2c[nH]c3ccc(Br)cc23)Oc2c1ccc(O)c2O. The number of phenols is 2. The quantitative estimate of drug-likeness (QED) is 0.446. The second kappa shape index (κ2) is 4.89. The van der Waals surface area contributed by atoms with Gasteiger partial charge in [-0.15, -0.1) is 0 Å². The molecule has 3 N–H and O–H groups in total. The maximum atomic E-state index is 12.4. The molecular weight excluding hydrogens is 362 g/mol. The average molecular weight is 372 g/mol. The Labute approximate surface area is 139 Å². The minimum absolute atomic E-state index is 0.0118. The molecule has 0 saturated carbocycles. The maximum absolute atomic E-state index is 12.4. The van der Waals surface area contributed by atoms with Crippen LogP contribution in [0.3, 0.4) is 0 Å². The standard InChI is InChI=1S/C17H10BrNO4/c18-9-1-3-12-11(6-9)8(7-19-12)5-14-15(21)10-2-4-13(20)16(22)17(10)23-14/h1-7,19-20,22H. The fourth-order valence-corrected chi connectivity index (χ4v) is 2.96. The number of rotatable bonds is 1. The molecule has 2 heterocycles. The van der Waals surface area contributed by atoms with Crippen molar-refractivity contribution in [2.45, 2.75) is 0 Å². The number of aromatic amines is 1. The minimum Gasteiger partial charge on any atom is -0.504 e. The molecule has 3 aromatic rings. The van der Waals surface area contributed by atoms with Gasteiger partial charge in [0, 0.05) is 27.1 Å². The molecule has 1 aliphatic heterocycles. The lowest BCUT2D eigenvalue weighted by Gasteiger charge is -2.02. The fourth-order valence-electron chi connectivity index (χ4n) is 2.60. The van der Waals surface area contributed by atoms with Gasteiger partial charge in [-0.3, -0.25) is 4.79 Å². The third-order valence-corrected chi connectivity index (χ3v) is 4.25. The van der Waals surface area contributed by atoms with Crippen LogP contribution in [0.5, 0.6) is 17.2 Å². The number of Topliss-reactive ketones (excluding diaryl/α,β-unsaturated/α-hetero) is 1. The molecule has 0 spiro atoms. The topological polar surface area (TPSA) is 82.6 Å². The van der Waals surface area contributed by atoms with Crippen LogP contribution in [-0.4, -0.2) is 21.0 Å². The summed E-state index contributed by atoms with van der Waals surface area (Å²) in [5.74, 6) is -1.00. The van der Waals surface area contributed by atoms with E-state index in [4.69, 9.17) is 4.74 Å². The number of aromatic nitrogens is 1. The van der Waals surface area contributed by atoms with Crippen molar-refractivity contribution in [3.05, 3.63) is 57.9 Å². The van der Waals surface area contributed by atoms with E-state index in [2.05, 4.69) is 20.9 Å². The molecule has 0 aliphatic carbocycles. The number of carbonyl (C=O) groups is 1. The number of ketones is 1. The van der Waals surface area contributed by atoms with Crippen LogP contribution in [0.2, 0.25) is 0 Å². The molecule has 0 radical (unpaired) electrons. The Hall–Kier alpha value is -2.73. The first-order valence-corrected chi connectivity index (χ1v) is 7.59. The molecule has 23 heavy (non-hydrogen) atoms. The van der Waals surface area contributed by atoms with Gasteiger partial charge >= 0.3 is 0 Å². The molecule has 0 fully saturated rings. The summed E-state index contributed by atoms with van der Waals surface area (Å²) >= 11 is 3.42. The summed E-state index contributed by atoms with van der Waals surface area (Å²) in [7, 11) is 0. The summed E-state index contributed by atoms with van der Waals surface area (Å²) < 4.78 is 6.38. The first-order chi connectivity index (χ1) is 11.0. The van der Waals surface area contributed by atoms with E-state index in [9.17, 15) is 15.0 Å². The number of halogens is 1. The van der Waals surface area contributed by atoms with E-state index in [1.54, 1.807) is 12.3 Å². The Morgan fingerprint density at radius 2 is 2.00 bits per heavy atom. The monoisotopic (exact) mass is 371 g/mol. The molecule has 0 atom stereocenters. The fraction of sp³-hybridized carbons (Fsp3) is 0. The number of phenolic OH excluding ortho intramolecular Hbond substituents is 2. The first-order valence-electron chi connectivity index (χ1n) is 6.80. The second-order valence-electron chi connectivity index (χ2n) is 5.18. The molecule has 2 aromatic carbocycles. The molecule has 114 valence electrons. The van der Waals surface area contributed by atoms with Crippen molar-refractivity contribution in [2.75, 3.05) is 0 Å². The van der Waals surface area contributed by atoms with E-state index in [-0.39, 0.29) is 28.6 Å². The van der Waals surface area contributed by atoms with Gasteiger partial charge < -0.3 is 19.9 Å². The van der Waals surface area contributed by atoms with E-state index in [0.29, 0.717) is 0 Å². The van der Waals surface area contributed by atoms with Gasteiger partial charge in [0.25, 0.3) is 0 Å². The molecule has 1 aliphatic rings. The second-order valence-corrected chi connectivity index (χ2v) is 6.10. The van der Waals surface area contributed by atoms with Crippen molar-refractivity contribution in [3.8, 4) is 17.2 Å². The van der Waals surface area contributed by atoms with Gasteiger partial charge in [0.2, 0.25) is 11.5 Å². The molecule has 6 heteroatoms. The lowest BCUT2D eigenvalue weighted by atomic mass is 10.1. The largest absolute Gasteiger partial charge is 0.504 e. The molecular formula is C17H10BrNO4. The Kier molecular flexibility index (Phi) is 2.96. The number of ether oxygens (including phenoxy) is 1. The van der Waals surface area contributed by atoms with Gasteiger partial charge in [-0.25, -0.2) is 0 Å². The number of carbonyl (C=O) groups excluding carboxylic acids is 1. The Morgan fingerprint density at radius 1 is 1.17 bits per heavy atom. The highest BCUT2D eigenvalue weighted by atomic mass is 79.9. The summed E-state index contributed by atoms with van der Waals surface area (Å²) in [5.41, 5.74) is 1.96. The van der Waals surface area contributed by atoms with Gasteiger partial charge in [0.15, 0.2) is 17.3 Å². The van der Waals surface area contributed by atoms with Gasteiger partial charge in [-0.1, -0.05) is 15.9 Å². The molecule has 4 rings (SSSR count). The van der Waals surface area contributed by atoms with E-state index >= 15 is 0 Å². The Morgan fingerprint density at radius 3 is 2.83 bits per heavy atom. The predicted molar refractivity (Wildman–Crippen MR) is 88.7 cm³/mol. The Balaban J connectivity index is 1.82. The normalized spacial score (nSPS) is 15.2. The van der Waals surface area contributed by atoms with Crippen LogP contribution >= 0.6 is 15.9 Å². The van der Waals surface area contributed by atoms with Crippen LogP contribution in [0.15, 0.2) is 46.8 Å². The lowest BCUT2D eigenvalue weighted by Crippen LogP contribution is -1.97. The highest BCUT2D eigenvalue weighted by molar-refractivity contribution is 9.10. The van der Waals surface area contributed by atoms with Crippen molar-refractivity contribution in [1.29, 1.82) is 0 Å². The number of H-pyrrole nitrogens is 1. The summed E-state index contributed by atoms with van der Waals surface area (Å²) in [6.07, 6.45) is 3.39. The molecule has 0 saturated heterocycles. The number of hydrogen-bond donors (Lipinski definition) is 3. The van der Waals surface area contributed by atoms with E-state index in [1.165, 1.54) is 12.1 Å². The van der Waals surface area contributed by atoms with Crippen LogP contribution in [-0.2, 0) is 0 Å². The lowest BCUT2D eigenvalue weighted by molar-refractivity contribution is 0.101. The highest BCUT2D eigenvalue weighted by Gasteiger charge is 2.31. The van der Waals surface area contributed by atoms with Crippen molar-refractivity contribution < 1.29 is 19.7 Å². The molecule has 5 nitrogen and oxygen atoms in total. The van der Waals surface area contributed by atoms with Crippen LogP contribution in [0, 0.1) is 0 Å². The minimum atomic E-state index is -0.430. The highest BCUT2D eigenvalue weighted by Crippen LogP contribution is 2.44. The van der Waals surface area contributed by atoms with Crippen LogP contribution < -0.4 is 4.74 Å². The van der Waals surface area contributed by atoms with Gasteiger partial charge in [-0.2, -0.15) is 0 Å². The predicted octanol–water partition coefficient (Wildman–Crippen LogP) is 3.96. The van der Waals surface area contributed by atoms with Crippen LogP contribution in [0.25, 0.3) is 17.0 Å². The van der Waals surface area contributed by atoms with E-state index < -0.39 is 5.75 Å². The summed E-state index contributed by atoms with van der Waals surface area (Å²) in [6, 6.07) is 8.48.